The van der Waals surface area contributed by atoms with Crippen molar-refractivity contribution in [2.45, 2.75) is 25.9 Å². The molecule has 1 saturated heterocycles. The van der Waals surface area contributed by atoms with Crippen molar-refractivity contribution in [3.63, 3.8) is 0 Å². The number of aryl methyl sites for hydroxylation is 1. The van der Waals surface area contributed by atoms with Gasteiger partial charge in [-0.1, -0.05) is 18.2 Å². The summed E-state index contributed by atoms with van der Waals surface area (Å²) in [4.78, 5) is 35.8. The number of hydrogen-bond acceptors (Lipinski definition) is 7. The number of nitrogens with two attached hydrogens (primary N) is 2. The highest BCUT2D eigenvalue weighted by Crippen LogP contribution is 2.28. The first-order valence-electron chi connectivity index (χ1n) is 9.56. The van der Waals surface area contributed by atoms with Gasteiger partial charge in [0, 0.05) is 25.0 Å². The molecule has 1 atom stereocenters. The maximum absolute atomic E-state index is 12.8. The molecule has 1 amide bonds. The average Bonchev–Trinajstić information content (AvgIpc) is 3.23. The molecule has 0 spiro atoms. The number of anilines is 3. The Hall–Kier alpha value is -3.46. The molecule has 1 aromatic carbocycles. The van der Waals surface area contributed by atoms with E-state index in [1.165, 1.54) is 6.20 Å². The summed E-state index contributed by atoms with van der Waals surface area (Å²) in [6.07, 6.45) is 2.40. The second kappa shape index (κ2) is 7.51. The van der Waals surface area contributed by atoms with Gasteiger partial charge in [-0.15, -0.1) is 0 Å². The van der Waals surface area contributed by atoms with Gasteiger partial charge in [0.2, 0.25) is 11.4 Å². The van der Waals surface area contributed by atoms with E-state index < -0.39 is 11.3 Å². The molecular weight excluding hydrogens is 370 g/mol. The van der Waals surface area contributed by atoms with Crippen LogP contribution in [0.3, 0.4) is 0 Å². The first-order chi connectivity index (χ1) is 14.0. The topological polar surface area (TPSA) is 132 Å². The molecular formula is C20H23N7O2. The summed E-state index contributed by atoms with van der Waals surface area (Å²) >= 11 is 0. The Balaban J connectivity index is 1.95. The van der Waals surface area contributed by atoms with E-state index >= 15 is 0 Å². The molecule has 2 aromatic heterocycles. The van der Waals surface area contributed by atoms with Gasteiger partial charge in [-0.3, -0.25) is 9.59 Å². The first kappa shape index (κ1) is 18.9. The number of hydrogen-bond donors (Lipinski definition) is 3. The zero-order valence-electron chi connectivity index (χ0n) is 16.1. The maximum Gasteiger partial charge on any atom is 0.256 e. The van der Waals surface area contributed by atoms with Crippen molar-refractivity contribution in [1.82, 2.24) is 19.9 Å². The molecule has 0 aliphatic carbocycles. The standard InChI is InChI=1S/C20H23N7O2/c1-2-26-17(21)15(18(22)29)16(28)14-11-24-20(25-19(14)26)27(13-8-9-23-10-13)12-6-4-3-5-7-12/h3-7,11,13,23H,2,8-10,21H2,1H3,(H2,22,29). The third-order valence-electron chi connectivity index (χ3n) is 5.24. The number of aromatic nitrogens is 3. The highest BCUT2D eigenvalue weighted by Gasteiger charge is 2.27. The molecule has 0 saturated carbocycles. The Morgan fingerprint density at radius 2 is 2.10 bits per heavy atom. The van der Waals surface area contributed by atoms with Gasteiger partial charge in [0.05, 0.1) is 11.4 Å². The lowest BCUT2D eigenvalue weighted by molar-refractivity contribution is 0.1000. The summed E-state index contributed by atoms with van der Waals surface area (Å²) in [5.74, 6) is -0.357. The Bertz CT molecular complexity index is 1120. The number of carbonyl (C=O) groups is 1. The molecule has 1 aliphatic rings. The molecule has 0 bridgehead atoms. The quantitative estimate of drug-likeness (QED) is 0.589. The predicted molar refractivity (Wildman–Crippen MR) is 112 cm³/mol. The van der Waals surface area contributed by atoms with Gasteiger partial charge in [0.1, 0.15) is 11.4 Å². The van der Waals surface area contributed by atoms with E-state index in [2.05, 4.69) is 15.2 Å². The van der Waals surface area contributed by atoms with E-state index in [0.717, 1.165) is 25.2 Å². The number of rotatable bonds is 5. The van der Waals surface area contributed by atoms with Gasteiger partial charge in [-0.25, -0.2) is 4.98 Å². The van der Waals surface area contributed by atoms with Crippen LogP contribution in [-0.2, 0) is 6.54 Å². The molecule has 3 heterocycles. The van der Waals surface area contributed by atoms with Crippen molar-refractivity contribution in [2.24, 2.45) is 5.73 Å². The van der Waals surface area contributed by atoms with Crippen molar-refractivity contribution in [3.8, 4) is 0 Å². The Morgan fingerprint density at radius 1 is 1.34 bits per heavy atom. The average molecular weight is 393 g/mol. The Labute approximate surface area is 167 Å². The number of nitrogens with one attached hydrogen (secondary N) is 1. The normalized spacial score (nSPS) is 16.2. The third-order valence-corrected chi connectivity index (χ3v) is 5.24. The summed E-state index contributed by atoms with van der Waals surface area (Å²) in [6, 6.07) is 10.1. The molecule has 29 heavy (non-hydrogen) atoms. The lowest BCUT2D eigenvalue weighted by Gasteiger charge is -2.29. The molecule has 9 heteroatoms. The molecule has 9 nitrogen and oxygen atoms in total. The number of benzene rings is 1. The number of amides is 1. The van der Waals surface area contributed by atoms with Crippen LogP contribution in [0.1, 0.15) is 23.7 Å². The monoisotopic (exact) mass is 393 g/mol. The Kier molecular flexibility index (Phi) is 4.89. The minimum atomic E-state index is -0.858. The second-order valence-electron chi connectivity index (χ2n) is 6.96. The fourth-order valence-electron chi connectivity index (χ4n) is 3.84. The van der Waals surface area contributed by atoms with E-state index in [4.69, 9.17) is 16.5 Å². The van der Waals surface area contributed by atoms with Crippen molar-refractivity contribution in [3.05, 3.63) is 52.3 Å². The van der Waals surface area contributed by atoms with Crippen LogP contribution in [0, 0.1) is 0 Å². The fourth-order valence-corrected chi connectivity index (χ4v) is 3.84. The van der Waals surface area contributed by atoms with Crippen LogP contribution in [0.4, 0.5) is 17.5 Å². The highest BCUT2D eigenvalue weighted by atomic mass is 16.2. The van der Waals surface area contributed by atoms with Gasteiger partial charge >= 0.3 is 0 Å². The van der Waals surface area contributed by atoms with Crippen molar-refractivity contribution < 1.29 is 4.79 Å². The van der Waals surface area contributed by atoms with Crippen LogP contribution in [-0.4, -0.2) is 39.6 Å². The van der Waals surface area contributed by atoms with Crippen LogP contribution in [0.5, 0.6) is 0 Å². The van der Waals surface area contributed by atoms with E-state index in [-0.39, 0.29) is 22.8 Å². The molecule has 1 unspecified atom stereocenters. The van der Waals surface area contributed by atoms with Gasteiger partial charge in [0.25, 0.3) is 5.91 Å². The van der Waals surface area contributed by atoms with Crippen LogP contribution >= 0.6 is 0 Å². The van der Waals surface area contributed by atoms with Crippen molar-refractivity contribution >= 4 is 34.4 Å². The van der Waals surface area contributed by atoms with E-state index in [1.807, 2.05) is 37.3 Å². The largest absolute Gasteiger partial charge is 0.384 e. The zero-order valence-corrected chi connectivity index (χ0v) is 16.1. The van der Waals surface area contributed by atoms with Crippen molar-refractivity contribution in [2.75, 3.05) is 23.7 Å². The van der Waals surface area contributed by atoms with Crippen LogP contribution < -0.4 is 27.1 Å². The summed E-state index contributed by atoms with van der Waals surface area (Å²) < 4.78 is 1.62. The second-order valence-corrected chi connectivity index (χ2v) is 6.96. The minimum Gasteiger partial charge on any atom is -0.384 e. The van der Waals surface area contributed by atoms with Gasteiger partial charge in [-0.05, 0) is 32.0 Å². The lowest BCUT2D eigenvalue weighted by atomic mass is 10.1. The number of nitrogen functional groups attached to an aromatic ring is 1. The molecule has 1 aliphatic heterocycles. The predicted octanol–water partition coefficient (Wildman–Crippen LogP) is 0.992. The smallest absolute Gasteiger partial charge is 0.256 e. The maximum atomic E-state index is 12.8. The summed E-state index contributed by atoms with van der Waals surface area (Å²) in [7, 11) is 0. The van der Waals surface area contributed by atoms with Gasteiger partial charge in [0.15, 0.2) is 5.65 Å². The first-order valence-corrected chi connectivity index (χ1v) is 9.56. The summed E-state index contributed by atoms with van der Waals surface area (Å²) in [6.45, 7) is 4.01. The number of fused-ring (bicyclic) bond motifs is 1. The third kappa shape index (κ3) is 3.19. The summed E-state index contributed by atoms with van der Waals surface area (Å²) in [5, 5.41) is 3.59. The van der Waals surface area contributed by atoms with E-state index in [0.29, 0.717) is 18.1 Å². The number of pyridine rings is 1. The molecule has 0 radical (unpaired) electrons. The molecule has 1 fully saturated rings. The van der Waals surface area contributed by atoms with E-state index in [1.54, 1.807) is 4.57 Å². The van der Waals surface area contributed by atoms with Crippen LogP contribution in [0.15, 0.2) is 41.3 Å². The number of para-hydroxylation sites is 1. The molecule has 150 valence electrons. The molecule has 5 N–H and O–H groups in total. The zero-order chi connectivity index (χ0) is 20.5. The summed E-state index contributed by atoms with van der Waals surface area (Å²) in [5.41, 5.74) is 12.1. The van der Waals surface area contributed by atoms with Crippen LogP contribution in [0.25, 0.3) is 11.0 Å². The highest BCUT2D eigenvalue weighted by molar-refractivity contribution is 6.00. The number of carbonyl (C=O) groups excluding carboxylic acids is 1. The van der Waals surface area contributed by atoms with Crippen LogP contribution in [0.2, 0.25) is 0 Å². The minimum absolute atomic E-state index is 0.0240. The molecule has 4 rings (SSSR count). The van der Waals surface area contributed by atoms with Gasteiger partial charge < -0.3 is 26.3 Å². The van der Waals surface area contributed by atoms with Gasteiger partial charge in [-0.2, -0.15) is 4.98 Å². The number of nitrogens with zero attached hydrogens (tertiary/aromatic N) is 4. The number of primary amides is 1. The fraction of sp³-hybridized carbons (Fsp3) is 0.300. The SMILES string of the molecule is CCn1c(N)c(C(N)=O)c(=O)c2cnc(N(c3ccccc3)C3CCNC3)nc21. The van der Waals surface area contributed by atoms with Crippen molar-refractivity contribution in [1.29, 1.82) is 0 Å². The van der Waals surface area contributed by atoms with E-state index in [9.17, 15) is 9.59 Å². The lowest BCUT2D eigenvalue weighted by Crippen LogP contribution is -2.34. The molecule has 3 aromatic rings. The Morgan fingerprint density at radius 3 is 2.72 bits per heavy atom.